The van der Waals surface area contributed by atoms with Crippen molar-refractivity contribution in [3.8, 4) is 5.69 Å². The predicted octanol–water partition coefficient (Wildman–Crippen LogP) is 2.34. The van der Waals surface area contributed by atoms with Gasteiger partial charge in [0, 0.05) is 12.5 Å². The Hall–Kier alpha value is -2.41. The van der Waals surface area contributed by atoms with Gasteiger partial charge >= 0.3 is 5.97 Å². The number of para-hydroxylation sites is 1. The molecule has 0 saturated heterocycles. The molecule has 0 aliphatic heterocycles. The van der Waals surface area contributed by atoms with Gasteiger partial charge in [-0.15, -0.1) is 5.10 Å². The Morgan fingerprint density at radius 1 is 1.38 bits per heavy atom. The lowest BCUT2D eigenvalue weighted by molar-refractivity contribution is -0.137. The Morgan fingerprint density at radius 2 is 2.08 bits per heavy atom. The van der Waals surface area contributed by atoms with Crippen molar-refractivity contribution in [2.45, 2.75) is 25.7 Å². The van der Waals surface area contributed by atoms with Gasteiger partial charge in [0.2, 0.25) is 5.82 Å². The molecular weight excluding hydrogens is 332 g/mol. The van der Waals surface area contributed by atoms with Crippen molar-refractivity contribution in [2.75, 3.05) is 13.1 Å². The zero-order chi connectivity index (χ0) is 17.3. The van der Waals surface area contributed by atoms with Gasteiger partial charge in [-0.25, -0.2) is 9.67 Å². The van der Waals surface area contributed by atoms with E-state index in [1.165, 1.54) is 4.90 Å². The van der Waals surface area contributed by atoms with Crippen molar-refractivity contribution < 1.29 is 14.7 Å². The zero-order valence-corrected chi connectivity index (χ0v) is 13.9. The molecule has 1 amide bonds. The quantitative estimate of drug-likeness (QED) is 0.865. The lowest BCUT2D eigenvalue weighted by Gasteiger charge is -2.16. The number of halogens is 1. The highest BCUT2D eigenvalue weighted by Crippen LogP contribution is 2.40. The van der Waals surface area contributed by atoms with Gasteiger partial charge in [-0.3, -0.25) is 9.59 Å². The van der Waals surface area contributed by atoms with E-state index in [0.717, 1.165) is 12.8 Å². The van der Waals surface area contributed by atoms with Gasteiger partial charge in [-0.2, -0.15) is 0 Å². The minimum atomic E-state index is -1.07. The zero-order valence-electron chi connectivity index (χ0n) is 13.1. The van der Waals surface area contributed by atoms with Crippen LogP contribution in [0.3, 0.4) is 0 Å². The maximum absolute atomic E-state index is 12.5. The number of carbonyl (C=O) groups is 2. The highest BCUT2D eigenvalue weighted by Gasteiger charge is 2.33. The van der Waals surface area contributed by atoms with Crippen LogP contribution >= 0.6 is 11.6 Å². The molecule has 0 unspecified atom stereocenters. The van der Waals surface area contributed by atoms with Crippen LogP contribution in [0.4, 0.5) is 0 Å². The highest BCUT2D eigenvalue weighted by atomic mass is 35.5. The Bertz CT molecular complexity index is 785. The first-order valence-corrected chi connectivity index (χ1v) is 8.12. The van der Waals surface area contributed by atoms with Crippen LogP contribution in [0, 0.1) is 0 Å². The van der Waals surface area contributed by atoms with Gasteiger partial charge < -0.3 is 10.0 Å². The molecule has 1 aromatic heterocycles. The summed E-state index contributed by atoms with van der Waals surface area (Å²) >= 11 is 6.24. The van der Waals surface area contributed by atoms with Crippen LogP contribution in [0.25, 0.3) is 5.69 Å². The van der Waals surface area contributed by atoms with Gasteiger partial charge in [0.1, 0.15) is 12.4 Å². The van der Waals surface area contributed by atoms with E-state index in [0.29, 0.717) is 16.5 Å². The summed E-state index contributed by atoms with van der Waals surface area (Å²) in [5.41, 5.74) is 0.661. The second-order valence-electron chi connectivity index (χ2n) is 5.64. The van der Waals surface area contributed by atoms with Gasteiger partial charge in [0.25, 0.3) is 5.91 Å². The van der Waals surface area contributed by atoms with Gasteiger partial charge in [-0.1, -0.05) is 23.7 Å². The molecule has 126 valence electrons. The van der Waals surface area contributed by atoms with Crippen LogP contribution in [-0.4, -0.2) is 49.7 Å². The number of nitrogens with zero attached hydrogens (tertiary/aromatic N) is 4. The summed E-state index contributed by atoms with van der Waals surface area (Å²) in [6.07, 6.45) is 1.98. The number of hydrogen-bond acceptors (Lipinski definition) is 4. The first-order chi connectivity index (χ1) is 11.5. The molecule has 1 aromatic carbocycles. The molecular formula is C16H17ClN4O3. The maximum atomic E-state index is 12.5. The second-order valence-corrected chi connectivity index (χ2v) is 6.05. The van der Waals surface area contributed by atoms with E-state index in [-0.39, 0.29) is 24.8 Å². The molecule has 0 spiro atoms. The molecule has 3 rings (SSSR count). The molecule has 24 heavy (non-hydrogen) atoms. The van der Waals surface area contributed by atoms with Crippen LogP contribution < -0.4 is 0 Å². The standard InChI is InChI=1S/C16H17ClN4O3/c1-2-20(9-13(22)23)16(24)14-18-15(10-7-8-10)21(19-14)12-6-4-3-5-11(12)17/h3-6,10H,2,7-9H2,1H3,(H,22,23). The van der Waals surface area contributed by atoms with E-state index in [1.54, 1.807) is 17.7 Å². The Balaban J connectivity index is 1.99. The number of carboxylic acid groups (broad SMARTS) is 1. The largest absolute Gasteiger partial charge is 0.480 e. The van der Waals surface area contributed by atoms with Crippen molar-refractivity contribution in [1.29, 1.82) is 0 Å². The summed E-state index contributed by atoms with van der Waals surface area (Å²) in [6, 6.07) is 7.21. The SMILES string of the molecule is CCN(CC(=O)O)C(=O)c1nc(C2CC2)n(-c2ccccc2Cl)n1. The molecule has 1 heterocycles. The normalized spacial score (nSPS) is 13.8. The highest BCUT2D eigenvalue weighted by molar-refractivity contribution is 6.32. The summed E-state index contributed by atoms with van der Waals surface area (Å²) in [7, 11) is 0. The second kappa shape index (κ2) is 6.60. The molecule has 1 aliphatic rings. The fourth-order valence-corrected chi connectivity index (χ4v) is 2.67. The number of hydrogen-bond donors (Lipinski definition) is 1. The number of rotatable bonds is 6. The summed E-state index contributed by atoms with van der Waals surface area (Å²) < 4.78 is 1.60. The summed E-state index contributed by atoms with van der Waals surface area (Å²) in [4.78, 5) is 29.0. The molecule has 1 aliphatic carbocycles. The lowest BCUT2D eigenvalue weighted by Crippen LogP contribution is -2.36. The number of benzene rings is 1. The molecule has 2 aromatic rings. The van der Waals surface area contributed by atoms with E-state index in [1.807, 2.05) is 18.2 Å². The molecule has 1 N–H and O–H groups in total. The number of aromatic nitrogens is 3. The van der Waals surface area contributed by atoms with E-state index in [4.69, 9.17) is 16.7 Å². The van der Waals surface area contributed by atoms with Crippen molar-refractivity contribution in [2.24, 2.45) is 0 Å². The van der Waals surface area contributed by atoms with Crippen molar-refractivity contribution in [3.05, 3.63) is 40.9 Å². The van der Waals surface area contributed by atoms with Crippen molar-refractivity contribution in [1.82, 2.24) is 19.7 Å². The van der Waals surface area contributed by atoms with Crippen LogP contribution in [0.2, 0.25) is 5.02 Å². The minimum absolute atomic E-state index is 0.0000743. The number of amides is 1. The third kappa shape index (κ3) is 3.26. The average molecular weight is 349 g/mol. The Kier molecular flexibility index (Phi) is 4.53. The maximum Gasteiger partial charge on any atom is 0.323 e. The Morgan fingerprint density at radius 3 is 2.67 bits per heavy atom. The molecule has 1 saturated carbocycles. The van der Waals surface area contributed by atoms with Gasteiger partial charge in [-0.05, 0) is 31.9 Å². The molecule has 0 radical (unpaired) electrons. The van der Waals surface area contributed by atoms with Crippen LogP contribution in [0.15, 0.2) is 24.3 Å². The first kappa shape index (κ1) is 16.4. The Labute approximate surface area is 143 Å². The van der Waals surface area contributed by atoms with E-state index in [9.17, 15) is 9.59 Å². The van der Waals surface area contributed by atoms with Crippen LogP contribution in [0.1, 0.15) is 42.1 Å². The minimum Gasteiger partial charge on any atom is -0.480 e. The molecule has 1 fully saturated rings. The molecule has 8 heteroatoms. The molecule has 0 bridgehead atoms. The number of carboxylic acids is 1. The number of aliphatic carboxylic acids is 1. The summed E-state index contributed by atoms with van der Waals surface area (Å²) in [5.74, 6) is -0.617. The van der Waals surface area contributed by atoms with Crippen molar-refractivity contribution in [3.63, 3.8) is 0 Å². The van der Waals surface area contributed by atoms with Crippen molar-refractivity contribution >= 4 is 23.5 Å². The fraction of sp³-hybridized carbons (Fsp3) is 0.375. The first-order valence-electron chi connectivity index (χ1n) is 7.74. The van der Waals surface area contributed by atoms with Crippen LogP contribution in [-0.2, 0) is 4.79 Å². The van der Waals surface area contributed by atoms with Gasteiger partial charge in [0.15, 0.2) is 0 Å². The number of likely N-dealkylation sites (N-methyl/N-ethyl adjacent to an activating group) is 1. The third-order valence-electron chi connectivity index (χ3n) is 3.84. The summed E-state index contributed by atoms with van der Waals surface area (Å²) in [5, 5.41) is 13.8. The lowest BCUT2D eigenvalue weighted by atomic mass is 10.3. The van der Waals surface area contributed by atoms with Crippen LogP contribution in [0.5, 0.6) is 0 Å². The molecule has 0 atom stereocenters. The van der Waals surface area contributed by atoms with E-state index in [2.05, 4.69) is 10.1 Å². The smallest absolute Gasteiger partial charge is 0.323 e. The topological polar surface area (TPSA) is 88.3 Å². The average Bonchev–Trinajstić information content (AvgIpc) is 3.31. The number of carbonyl (C=O) groups excluding carboxylic acids is 1. The third-order valence-corrected chi connectivity index (χ3v) is 4.16. The van der Waals surface area contributed by atoms with Gasteiger partial charge in [0.05, 0.1) is 10.7 Å². The fourth-order valence-electron chi connectivity index (χ4n) is 2.45. The monoisotopic (exact) mass is 348 g/mol. The predicted molar refractivity (Wildman–Crippen MR) is 87.6 cm³/mol. The van der Waals surface area contributed by atoms with E-state index < -0.39 is 11.9 Å². The summed E-state index contributed by atoms with van der Waals surface area (Å²) in [6.45, 7) is 1.60. The molecule has 7 nitrogen and oxygen atoms in total. The van der Waals surface area contributed by atoms with E-state index >= 15 is 0 Å².